The molecule has 0 bridgehead atoms. The number of thioether (sulfide) groups is 1. The minimum atomic E-state index is -0.686. The zero-order valence-electron chi connectivity index (χ0n) is 13.7. The first kappa shape index (κ1) is 17.6. The van der Waals surface area contributed by atoms with E-state index < -0.39 is 10.9 Å². The fourth-order valence-corrected chi connectivity index (χ4v) is 4.16. The zero-order valence-corrected chi connectivity index (χ0v) is 14.6. The molecule has 2 fully saturated rings. The molecule has 0 N–H and O–H groups in total. The predicted octanol–water partition coefficient (Wildman–Crippen LogP) is 2.97. The average molecular weight is 330 g/mol. The van der Waals surface area contributed by atoms with Crippen molar-refractivity contribution in [1.82, 2.24) is 0 Å². The van der Waals surface area contributed by atoms with Gasteiger partial charge in [0.15, 0.2) is 5.44 Å². The SMILES string of the molecule is CC(=O)O[C@@H]1COC(C(=O)OC2C[C@H](C)CC[C@H]2C(C)C)S1. The maximum Gasteiger partial charge on any atom is 0.346 e. The van der Waals surface area contributed by atoms with Crippen LogP contribution in [-0.2, 0) is 23.8 Å². The van der Waals surface area contributed by atoms with Crippen LogP contribution in [0.15, 0.2) is 0 Å². The van der Waals surface area contributed by atoms with Crippen LogP contribution in [0, 0.1) is 17.8 Å². The van der Waals surface area contributed by atoms with Crippen LogP contribution in [-0.4, -0.2) is 35.5 Å². The van der Waals surface area contributed by atoms with Gasteiger partial charge in [-0.2, -0.15) is 0 Å². The second-order valence-electron chi connectivity index (χ2n) is 6.64. The molecular formula is C16H26O5S. The molecule has 0 aromatic carbocycles. The van der Waals surface area contributed by atoms with Gasteiger partial charge in [0.1, 0.15) is 6.10 Å². The summed E-state index contributed by atoms with van der Waals surface area (Å²) in [5.41, 5.74) is -1.10. The Balaban J connectivity index is 1.88. The van der Waals surface area contributed by atoms with E-state index in [2.05, 4.69) is 20.8 Å². The van der Waals surface area contributed by atoms with Crippen molar-refractivity contribution in [1.29, 1.82) is 0 Å². The number of esters is 2. The van der Waals surface area contributed by atoms with Crippen molar-refractivity contribution in [2.24, 2.45) is 17.8 Å². The van der Waals surface area contributed by atoms with Gasteiger partial charge in [-0.25, -0.2) is 4.79 Å². The van der Waals surface area contributed by atoms with E-state index in [-0.39, 0.29) is 24.6 Å². The lowest BCUT2D eigenvalue weighted by atomic mass is 9.75. The number of ether oxygens (including phenoxy) is 3. The van der Waals surface area contributed by atoms with Gasteiger partial charge in [0.25, 0.3) is 0 Å². The summed E-state index contributed by atoms with van der Waals surface area (Å²) in [6, 6.07) is 0. The lowest BCUT2D eigenvalue weighted by Gasteiger charge is -2.37. The Morgan fingerprint density at radius 1 is 1.23 bits per heavy atom. The summed E-state index contributed by atoms with van der Waals surface area (Å²) in [5, 5.41) is 0. The Morgan fingerprint density at radius 3 is 2.59 bits per heavy atom. The number of carbonyl (C=O) groups excluding carboxylic acids is 2. The quantitative estimate of drug-likeness (QED) is 0.739. The van der Waals surface area contributed by atoms with Gasteiger partial charge in [0.05, 0.1) is 6.61 Å². The Morgan fingerprint density at radius 2 is 1.95 bits per heavy atom. The smallest absolute Gasteiger partial charge is 0.346 e. The number of hydrogen-bond acceptors (Lipinski definition) is 6. The molecule has 2 rings (SSSR count). The number of rotatable bonds is 4. The van der Waals surface area contributed by atoms with Gasteiger partial charge >= 0.3 is 11.9 Å². The van der Waals surface area contributed by atoms with E-state index in [1.165, 1.54) is 25.1 Å². The van der Waals surface area contributed by atoms with E-state index >= 15 is 0 Å². The van der Waals surface area contributed by atoms with Crippen molar-refractivity contribution in [2.45, 2.75) is 63.9 Å². The minimum absolute atomic E-state index is 0.0341. The molecular weight excluding hydrogens is 304 g/mol. The highest BCUT2D eigenvalue weighted by molar-refractivity contribution is 8.01. The summed E-state index contributed by atoms with van der Waals surface area (Å²) < 4.78 is 16.2. The van der Waals surface area contributed by atoms with Crippen LogP contribution in [0.2, 0.25) is 0 Å². The average Bonchev–Trinajstić information content (AvgIpc) is 2.86. The van der Waals surface area contributed by atoms with Crippen LogP contribution in [0.3, 0.4) is 0 Å². The van der Waals surface area contributed by atoms with Crippen LogP contribution in [0.25, 0.3) is 0 Å². The van der Waals surface area contributed by atoms with E-state index in [4.69, 9.17) is 14.2 Å². The van der Waals surface area contributed by atoms with Crippen molar-refractivity contribution < 1.29 is 23.8 Å². The summed E-state index contributed by atoms with van der Waals surface area (Å²) in [5.74, 6) is 0.784. The molecule has 1 saturated heterocycles. The molecule has 5 nitrogen and oxygen atoms in total. The van der Waals surface area contributed by atoms with Gasteiger partial charge in [-0.15, -0.1) is 0 Å². The monoisotopic (exact) mass is 330 g/mol. The van der Waals surface area contributed by atoms with Gasteiger partial charge in [0, 0.05) is 6.92 Å². The fourth-order valence-electron chi connectivity index (χ4n) is 3.21. The third-order valence-electron chi connectivity index (χ3n) is 4.38. The van der Waals surface area contributed by atoms with Crippen molar-refractivity contribution in [2.75, 3.05) is 6.61 Å². The summed E-state index contributed by atoms with van der Waals surface area (Å²) in [6.45, 7) is 8.15. The number of carbonyl (C=O) groups is 2. The van der Waals surface area contributed by atoms with Crippen LogP contribution < -0.4 is 0 Å². The van der Waals surface area contributed by atoms with Gasteiger partial charge in [-0.05, 0) is 30.6 Å². The fraction of sp³-hybridized carbons (Fsp3) is 0.875. The summed E-state index contributed by atoms with van der Waals surface area (Å²) in [6.07, 6.45) is 3.18. The predicted molar refractivity (Wildman–Crippen MR) is 84.1 cm³/mol. The van der Waals surface area contributed by atoms with Gasteiger partial charge < -0.3 is 14.2 Å². The van der Waals surface area contributed by atoms with E-state index in [9.17, 15) is 9.59 Å². The highest BCUT2D eigenvalue weighted by Gasteiger charge is 2.39. The van der Waals surface area contributed by atoms with E-state index in [1.54, 1.807) is 0 Å². The Bertz CT molecular complexity index is 411. The first-order valence-corrected chi connectivity index (χ1v) is 8.96. The Kier molecular flexibility index (Phi) is 6.15. The molecule has 1 aliphatic heterocycles. The molecule has 5 atom stereocenters. The first-order valence-electron chi connectivity index (χ1n) is 8.01. The molecule has 0 aromatic rings. The van der Waals surface area contributed by atoms with E-state index in [1.807, 2.05) is 0 Å². The molecule has 1 saturated carbocycles. The van der Waals surface area contributed by atoms with Gasteiger partial charge in [0.2, 0.25) is 5.44 Å². The molecule has 0 amide bonds. The van der Waals surface area contributed by atoms with Crippen molar-refractivity contribution >= 4 is 23.7 Å². The van der Waals surface area contributed by atoms with Crippen molar-refractivity contribution in [3.8, 4) is 0 Å². The third kappa shape index (κ3) is 4.62. The third-order valence-corrected chi connectivity index (χ3v) is 5.49. The van der Waals surface area contributed by atoms with Crippen LogP contribution in [0.1, 0.15) is 47.0 Å². The van der Waals surface area contributed by atoms with Crippen LogP contribution in [0.5, 0.6) is 0 Å². The highest BCUT2D eigenvalue weighted by atomic mass is 32.2. The summed E-state index contributed by atoms with van der Waals surface area (Å²) >= 11 is 1.21. The maximum absolute atomic E-state index is 12.3. The lowest BCUT2D eigenvalue weighted by Crippen LogP contribution is -2.37. The van der Waals surface area contributed by atoms with E-state index in [0.717, 1.165) is 12.8 Å². The minimum Gasteiger partial charge on any atom is -0.459 e. The molecule has 2 aliphatic rings. The summed E-state index contributed by atoms with van der Waals surface area (Å²) in [4.78, 5) is 23.3. The standard InChI is InChI=1S/C16H26O5S/c1-9(2)12-6-5-10(3)7-13(12)21-15(18)16-19-8-14(22-16)20-11(4)17/h9-10,12-14,16H,5-8H2,1-4H3/t10-,12+,13?,14+,16?/m1/s1. The molecule has 6 heteroatoms. The van der Waals surface area contributed by atoms with E-state index in [0.29, 0.717) is 17.8 Å². The molecule has 0 aromatic heterocycles. The largest absolute Gasteiger partial charge is 0.459 e. The number of hydrogen-bond donors (Lipinski definition) is 0. The molecule has 2 unspecified atom stereocenters. The second-order valence-corrected chi connectivity index (χ2v) is 7.87. The zero-order chi connectivity index (χ0) is 16.3. The summed E-state index contributed by atoms with van der Waals surface area (Å²) in [7, 11) is 0. The Labute approximate surface area is 136 Å². The molecule has 0 spiro atoms. The van der Waals surface area contributed by atoms with Gasteiger partial charge in [-0.3, -0.25) is 4.79 Å². The topological polar surface area (TPSA) is 61.8 Å². The molecule has 1 aliphatic carbocycles. The van der Waals surface area contributed by atoms with Gasteiger partial charge in [-0.1, -0.05) is 39.0 Å². The maximum atomic E-state index is 12.3. The molecule has 126 valence electrons. The van der Waals surface area contributed by atoms with Crippen LogP contribution in [0.4, 0.5) is 0 Å². The molecule has 22 heavy (non-hydrogen) atoms. The highest BCUT2D eigenvalue weighted by Crippen LogP contribution is 2.37. The lowest BCUT2D eigenvalue weighted by molar-refractivity contribution is -0.163. The normalized spacial score (nSPS) is 35.4. The Hall–Kier alpha value is -0.750. The molecule has 0 radical (unpaired) electrons. The van der Waals surface area contributed by atoms with Crippen molar-refractivity contribution in [3.63, 3.8) is 0 Å². The van der Waals surface area contributed by atoms with Crippen LogP contribution >= 0.6 is 11.8 Å². The first-order chi connectivity index (χ1) is 10.4. The second kappa shape index (κ2) is 7.68. The van der Waals surface area contributed by atoms with Crippen molar-refractivity contribution in [3.05, 3.63) is 0 Å². The molecule has 1 heterocycles.